The molecule has 1 heterocycles. The van der Waals surface area contributed by atoms with Crippen molar-refractivity contribution in [2.75, 3.05) is 11.9 Å². The van der Waals surface area contributed by atoms with Gasteiger partial charge in [0.25, 0.3) is 0 Å². The van der Waals surface area contributed by atoms with Crippen LogP contribution in [0, 0.1) is 0 Å². The first-order valence-electron chi connectivity index (χ1n) is 13.6. The molecule has 0 spiro atoms. The van der Waals surface area contributed by atoms with E-state index in [1.165, 1.54) is 26.0 Å². The van der Waals surface area contributed by atoms with Gasteiger partial charge in [-0.25, -0.2) is 4.98 Å². The van der Waals surface area contributed by atoms with E-state index in [0.717, 1.165) is 11.6 Å². The molecule has 1 fully saturated rings. The SMILES string of the molecule is CC(=O)N[C@@H](Cc1ccc(OC(C)=O)cc1)C(=O)N[C@H]1CC[C@@H](N(C)c2cc(C(F)(F)F)nc3ccc(Cl)cc23)CC1. The fourth-order valence-corrected chi connectivity index (χ4v) is 5.45. The molecule has 2 amide bonds. The number of esters is 1. The molecule has 0 radical (unpaired) electrons. The Morgan fingerprint density at radius 2 is 1.71 bits per heavy atom. The van der Waals surface area contributed by atoms with E-state index in [0.29, 0.717) is 47.5 Å². The second-order valence-corrected chi connectivity index (χ2v) is 10.9. The van der Waals surface area contributed by atoms with E-state index >= 15 is 0 Å². The molecule has 42 heavy (non-hydrogen) atoms. The number of ether oxygens (including phenoxy) is 1. The van der Waals surface area contributed by atoms with Crippen molar-refractivity contribution in [1.82, 2.24) is 15.6 Å². The van der Waals surface area contributed by atoms with E-state index < -0.39 is 23.9 Å². The fraction of sp³-hybridized carbons (Fsp3) is 0.400. The Morgan fingerprint density at radius 1 is 1.05 bits per heavy atom. The smallest absolute Gasteiger partial charge is 0.427 e. The molecular formula is C30H32ClF3N4O4. The first-order valence-corrected chi connectivity index (χ1v) is 13.9. The van der Waals surface area contributed by atoms with Crippen molar-refractivity contribution in [1.29, 1.82) is 0 Å². The summed E-state index contributed by atoms with van der Waals surface area (Å²) in [6.45, 7) is 2.64. The van der Waals surface area contributed by atoms with Crippen LogP contribution in [0.25, 0.3) is 10.9 Å². The summed E-state index contributed by atoms with van der Waals surface area (Å²) in [4.78, 5) is 41.8. The second-order valence-electron chi connectivity index (χ2n) is 10.5. The molecule has 3 aromatic rings. The van der Waals surface area contributed by atoms with Gasteiger partial charge in [0.05, 0.1) is 5.52 Å². The van der Waals surface area contributed by atoms with Gasteiger partial charge >= 0.3 is 12.1 Å². The molecule has 224 valence electrons. The molecule has 2 N–H and O–H groups in total. The number of nitrogens with zero attached hydrogens (tertiary/aromatic N) is 2. The lowest BCUT2D eigenvalue weighted by Gasteiger charge is -2.37. The number of pyridine rings is 1. The van der Waals surface area contributed by atoms with Crippen LogP contribution in [-0.2, 0) is 27.0 Å². The third-order valence-corrected chi connectivity index (χ3v) is 7.56. The van der Waals surface area contributed by atoms with E-state index in [2.05, 4.69) is 15.6 Å². The number of aromatic nitrogens is 1. The number of carbonyl (C=O) groups excluding carboxylic acids is 3. The molecule has 1 atom stereocenters. The zero-order chi connectivity index (χ0) is 30.6. The third kappa shape index (κ3) is 7.90. The number of rotatable bonds is 8. The standard InChI is InChI=1S/C30H32ClF3N4O4/c1-17(39)35-26(14-19-4-11-23(12-5-19)42-18(2)40)29(41)36-21-7-9-22(10-8-21)38(3)27-16-28(30(32,33)34)37-25-13-6-20(31)15-24(25)27/h4-6,11-13,15-16,21-22,26H,7-10,14H2,1-3H3,(H,35,39)(H,36,41)/t21-,22+,26-/m0/s1. The maximum absolute atomic E-state index is 13.6. The maximum atomic E-state index is 13.6. The van der Waals surface area contributed by atoms with Gasteiger partial charge in [-0.2, -0.15) is 13.2 Å². The van der Waals surface area contributed by atoms with Gasteiger partial charge in [0.1, 0.15) is 17.5 Å². The third-order valence-electron chi connectivity index (χ3n) is 7.33. The average Bonchev–Trinajstić information content (AvgIpc) is 2.92. The van der Waals surface area contributed by atoms with Gasteiger partial charge in [-0.1, -0.05) is 23.7 Å². The lowest BCUT2D eigenvalue weighted by atomic mass is 9.89. The van der Waals surface area contributed by atoms with Crippen molar-refractivity contribution in [2.45, 2.75) is 70.3 Å². The molecule has 1 aliphatic carbocycles. The summed E-state index contributed by atoms with van der Waals surface area (Å²) in [6.07, 6.45) is -1.87. The number of fused-ring (bicyclic) bond motifs is 1. The molecule has 8 nitrogen and oxygen atoms in total. The molecule has 0 bridgehead atoms. The lowest BCUT2D eigenvalue weighted by Crippen LogP contribution is -2.51. The summed E-state index contributed by atoms with van der Waals surface area (Å²) in [7, 11) is 1.76. The van der Waals surface area contributed by atoms with Crippen LogP contribution in [0.2, 0.25) is 5.02 Å². The van der Waals surface area contributed by atoms with Crippen LogP contribution in [0.5, 0.6) is 5.75 Å². The van der Waals surface area contributed by atoms with Crippen molar-refractivity contribution in [3.63, 3.8) is 0 Å². The summed E-state index contributed by atoms with van der Waals surface area (Å²) in [5.41, 5.74) is 0.410. The molecule has 1 aromatic heterocycles. The highest BCUT2D eigenvalue weighted by Crippen LogP contribution is 2.37. The molecule has 0 unspecified atom stereocenters. The minimum absolute atomic E-state index is 0.0642. The van der Waals surface area contributed by atoms with Crippen molar-refractivity contribution in [3.8, 4) is 5.75 Å². The Labute approximate surface area is 246 Å². The average molecular weight is 605 g/mol. The van der Waals surface area contributed by atoms with Gasteiger partial charge < -0.3 is 20.3 Å². The van der Waals surface area contributed by atoms with Gasteiger partial charge in [0.2, 0.25) is 11.8 Å². The Kier molecular flexibility index (Phi) is 9.60. The Morgan fingerprint density at radius 3 is 2.31 bits per heavy atom. The van der Waals surface area contributed by atoms with Crippen LogP contribution < -0.4 is 20.3 Å². The Bertz CT molecular complexity index is 1460. The van der Waals surface area contributed by atoms with Gasteiger partial charge in [-0.05, 0) is 67.6 Å². The van der Waals surface area contributed by atoms with Crippen molar-refractivity contribution in [2.24, 2.45) is 0 Å². The maximum Gasteiger partial charge on any atom is 0.433 e. The molecule has 0 aliphatic heterocycles. The molecule has 12 heteroatoms. The van der Waals surface area contributed by atoms with Crippen molar-refractivity contribution in [3.05, 3.63) is 64.8 Å². The Hall–Kier alpha value is -3.86. The number of alkyl halides is 3. The normalized spacial score (nSPS) is 17.8. The number of carbonyl (C=O) groups is 3. The number of hydrogen-bond acceptors (Lipinski definition) is 6. The lowest BCUT2D eigenvalue weighted by molar-refractivity contribution is -0.141. The van der Waals surface area contributed by atoms with Crippen LogP contribution in [0.4, 0.5) is 18.9 Å². The Balaban J connectivity index is 1.41. The fourth-order valence-electron chi connectivity index (χ4n) is 5.27. The predicted molar refractivity (Wildman–Crippen MR) is 153 cm³/mol. The zero-order valence-electron chi connectivity index (χ0n) is 23.4. The number of hydrogen-bond donors (Lipinski definition) is 2. The van der Waals surface area contributed by atoms with Crippen LogP contribution in [0.15, 0.2) is 48.5 Å². The minimum atomic E-state index is -4.60. The summed E-state index contributed by atoms with van der Waals surface area (Å²) in [5.74, 6) is -0.731. The number of anilines is 1. The van der Waals surface area contributed by atoms with Gasteiger partial charge in [-0.3, -0.25) is 14.4 Å². The van der Waals surface area contributed by atoms with Crippen LogP contribution in [0.3, 0.4) is 0 Å². The summed E-state index contributed by atoms with van der Waals surface area (Å²) >= 11 is 6.16. The second kappa shape index (κ2) is 13.0. The van der Waals surface area contributed by atoms with E-state index in [1.807, 2.05) is 4.90 Å². The van der Waals surface area contributed by atoms with Crippen LogP contribution in [-0.4, -0.2) is 47.9 Å². The summed E-state index contributed by atoms with van der Waals surface area (Å²) in [6, 6.07) is 11.3. The largest absolute Gasteiger partial charge is 0.433 e. The number of nitrogens with one attached hydrogen (secondary N) is 2. The minimum Gasteiger partial charge on any atom is -0.427 e. The van der Waals surface area contributed by atoms with E-state index in [4.69, 9.17) is 16.3 Å². The first kappa shape index (κ1) is 31.1. The van der Waals surface area contributed by atoms with Gasteiger partial charge in [0, 0.05) is 55.5 Å². The zero-order valence-corrected chi connectivity index (χ0v) is 24.2. The molecule has 1 saturated carbocycles. The van der Waals surface area contributed by atoms with Crippen LogP contribution in [0.1, 0.15) is 50.8 Å². The molecule has 1 aliphatic rings. The molecule has 2 aromatic carbocycles. The van der Waals surface area contributed by atoms with Crippen molar-refractivity contribution >= 4 is 46.0 Å². The topological polar surface area (TPSA) is 101 Å². The number of amides is 2. The number of benzene rings is 2. The quantitative estimate of drug-likeness (QED) is 0.262. The first-order chi connectivity index (χ1) is 19.8. The van der Waals surface area contributed by atoms with E-state index in [1.54, 1.807) is 37.4 Å². The summed E-state index contributed by atoms with van der Waals surface area (Å²) < 4.78 is 45.9. The molecule has 0 saturated heterocycles. The summed E-state index contributed by atoms with van der Waals surface area (Å²) in [5, 5.41) is 6.67. The highest BCUT2D eigenvalue weighted by molar-refractivity contribution is 6.31. The van der Waals surface area contributed by atoms with Gasteiger partial charge in [0.15, 0.2) is 0 Å². The highest BCUT2D eigenvalue weighted by atomic mass is 35.5. The molecular weight excluding hydrogens is 573 g/mol. The monoisotopic (exact) mass is 604 g/mol. The molecule has 4 rings (SSSR count). The predicted octanol–water partition coefficient (Wildman–Crippen LogP) is 5.44. The number of halogens is 4. The van der Waals surface area contributed by atoms with Crippen molar-refractivity contribution < 1.29 is 32.3 Å². The van der Waals surface area contributed by atoms with Gasteiger partial charge in [-0.15, -0.1) is 0 Å². The highest BCUT2D eigenvalue weighted by Gasteiger charge is 2.35. The van der Waals surface area contributed by atoms with E-state index in [-0.39, 0.29) is 35.8 Å². The van der Waals surface area contributed by atoms with E-state index in [9.17, 15) is 27.6 Å². The van der Waals surface area contributed by atoms with Crippen LogP contribution >= 0.6 is 11.6 Å².